The molecule has 0 bridgehead atoms. The molecule has 1 aromatic carbocycles. The summed E-state index contributed by atoms with van der Waals surface area (Å²) in [5.74, 6) is -0.118. The molecule has 0 aliphatic rings. The van der Waals surface area contributed by atoms with Crippen LogP contribution in [0.25, 0.3) is 27.5 Å². The largest absolute Gasteiger partial charge is 0.353 e. The van der Waals surface area contributed by atoms with Gasteiger partial charge >= 0.3 is 0 Å². The van der Waals surface area contributed by atoms with Gasteiger partial charge in [-0.25, -0.2) is 14.5 Å². The summed E-state index contributed by atoms with van der Waals surface area (Å²) in [4.78, 5) is 24.5. The number of benzene rings is 1. The van der Waals surface area contributed by atoms with Crippen LogP contribution in [0.4, 0.5) is 17.1 Å². The Morgan fingerprint density at radius 3 is 2.79 bits per heavy atom. The summed E-state index contributed by atoms with van der Waals surface area (Å²) >= 11 is 0. The molecule has 4 heterocycles. The monoisotopic (exact) mass is 369 g/mol. The van der Waals surface area contributed by atoms with Gasteiger partial charge in [0.15, 0.2) is 0 Å². The molecule has 0 radical (unpaired) electrons. The van der Waals surface area contributed by atoms with Crippen molar-refractivity contribution in [1.82, 2.24) is 24.6 Å². The van der Waals surface area contributed by atoms with E-state index in [1.165, 1.54) is 6.92 Å². The number of carbonyl (C=O) groups is 1. The predicted octanol–water partition coefficient (Wildman–Crippen LogP) is 3.53. The Labute approximate surface area is 159 Å². The van der Waals surface area contributed by atoms with E-state index in [4.69, 9.17) is 4.98 Å². The second-order valence-electron chi connectivity index (χ2n) is 6.37. The smallest absolute Gasteiger partial charge is 0.221 e. The lowest BCUT2D eigenvalue weighted by molar-refractivity contribution is -0.114. The number of nitrogens with one attached hydrogen (secondary N) is 2. The van der Waals surface area contributed by atoms with Gasteiger partial charge in [0.25, 0.3) is 0 Å². The fraction of sp³-hybridized carbons (Fsp3) is 0.0500. The zero-order chi connectivity index (χ0) is 19.1. The first-order chi connectivity index (χ1) is 13.7. The highest BCUT2D eigenvalue weighted by Gasteiger charge is 2.15. The molecule has 0 aliphatic heterocycles. The van der Waals surface area contributed by atoms with E-state index in [9.17, 15) is 4.79 Å². The first kappa shape index (κ1) is 16.1. The van der Waals surface area contributed by atoms with Crippen LogP contribution < -0.4 is 10.6 Å². The molecular formula is C20H15N7O. The molecule has 0 unspecified atom stereocenters. The Kier molecular flexibility index (Phi) is 3.61. The van der Waals surface area contributed by atoms with Crippen molar-refractivity contribution in [2.45, 2.75) is 6.92 Å². The molecule has 4 aromatic heterocycles. The Morgan fingerprint density at radius 1 is 1.04 bits per heavy atom. The lowest BCUT2D eigenvalue weighted by Crippen LogP contribution is -2.05. The zero-order valence-electron chi connectivity index (χ0n) is 14.9. The molecule has 136 valence electrons. The van der Waals surface area contributed by atoms with Crippen LogP contribution in [0.1, 0.15) is 6.92 Å². The van der Waals surface area contributed by atoms with Gasteiger partial charge in [-0.05, 0) is 30.3 Å². The minimum Gasteiger partial charge on any atom is -0.353 e. The predicted molar refractivity (Wildman–Crippen MR) is 108 cm³/mol. The number of amides is 1. The van der Waals surface area contributed by atoms with Crippen LogP contribution in [0, 0.1) is 0 Å². The summed E-state index contributed by atoms with van der Waals surface area (Å²) in [7, 11) is 0. The van der Waals surface area contributed by atoms with E-state index in [0.29, 0.717) is 5.69 Å². The number of fused-ring (bicyclic) bond motifs is 4. The second kappa shape index (κ2) is 6.27. The summed E-state index contributed by atoms with van der Waals surface area (Å²) in [5, 5.41) is 11.8. The number of nitrogens with zero attached hydrogens (tertiary/aromatic N) is 5. The Hall–Kier alpha value is -4.07. The van der Waals surface area contributed by atoms with Crippen LogP contribution in [0.3, 0.4) is 0 Å². The first-order valence-corrected chi connectivity index (χ1v) is 8.69. The number of pyridine rings is 2. The van der Waals surface area contributed by atoms with Crippen LogP contribution >= 0.6 is 0 Å². The molecule has 1 amide bonds. The minimum absolute atomic E-state index is 0.118. The van der Waals surface area contributed by atoms with Gasteiger partial charge in [-0.3, -0.25) is 9.78 Å². The highest BCUT2D eigenvalue weighted by Crippen LogP contribution is 2.34. The van der Waals surface area contributed by atoms with E-state index >= 15 is 0 Å². The number of aromatic nitrogens is 5. The fourth-order valence-electron chi connectivity index (χ4n) is 3.26. The highest BCUT2D eigenvalue weighted by molar-refractivity contribution is 6.10. The SMILES string of the molecule is CC(=O)Nc1cccc(Nc2c3ccncc3nc3c2nn2cnccc32)c1. The van der Waals surface area contributed by atoms with Crippen molar-refractivity contribution in [3.05, 3.63) is 61.3 Å². The van der Waals surface area contributed by atoms with Crippen molar-refractivity contribution < 1.29 is 4.79 Å². The lowest BCUT2D eigenvalue weighted by atomic mass is 10.1. The van der Waals surface area contributed by atoms with E-state index < -0.39 is 0 Å². The van der Waals surface area contributed by atoms with Crippen LogP contribution in [0.2, 0.25) is 0 Å². The summed E-state index contributed by atoms with van der Waals surface area (Å²) in [6.07, 6.45) is 6.83. The molecule has 0 saturated heterocycles. The van der Waals surface area contributed by atoms with Crippen molar-refractivity contribution in [3.63, 3.8) is 0 Å². The number of rotatable bonds is 3. The number of carbonyl (C=O) groups excluding carboxylic acids is 1. The van der Waals surface area contributed by atoms with E-state index in [2.05, 4.69) is 25.7 Å². The van der Waals surface area contributed by atoms with E-state index in [1.54, 1.807) is 29.4 Å². The maximum Gasteiger partial charge on any atom is 0.221 e. The van der Waals surface area contributed by atoms with Crippen molar-refractivity contribution >= 4 is 50.4 Å². The maximum atomic E-state index is 11.4. The molecule has 0 spiro atoms. The third kappa shape index (κ3) is 2.67. The quantitative estimate of drug-likeness (QED) is 0.505. The van der Waals surface area contributed by atoms with E-state index in [1.807, 2.05) is 36.4 Å². The van der Waals surface area contributed by atoms with Gasteiger partial charge < -0.3 is 10.6 Å². The van der Waals surface area contributed by atoms with Crippen molar-refractivity contribution in [1.29, 1.82) is 0 Å². The number of hydrogen-bond donors (Lipinski definition) is 2. The summed E-state index contributed by atoms with van der Waals surface area (Å²) in [6.45, 7) is 1.48. The average Bonchev–Trinajstić information content (AvgIpc) is 3.06. The second-order valence-corrected chi connectivity index (χ2v) is 6.37. The standard InChI is InChI=1S/C20H15N7O/c1-12(28)23-13-3-2-4-14(9-13)24-18-15-5-7-21-10-16(15)25-19-17-6-8-22-11-27(17)26-20(18)19/h2-11,24H,1H3,(H,23,28). The Balaban J connectivity index is 1.74. The Morgan fingerprint density at radius 2 is 1.89 bits per heavy atom. The Bertz CT molecular complexity index is 1360. The molecule has 8 nitrogen and oxygen atoms in total. The van der Waals surface area contributed by atoms with Crippen LogP contribution in [-0.4, -0.2) is 30.5 Å². The molecule has 0 fully saturated rings. The molecule has 28 heavy (non-hydrogen) atoms. The van der Waals surface area contributed by atoms with Crippen LogP contribution in [0.15, 0.2) is 61.3 Å². The van der Waals surface area contributed by atoms with Gasteiger partial charge in [0.05, 0.1) is 22.9 Å². The summed E-state index contributed by atoms with van der Waals surface area (Å²) in [5.41, 5.74) is 5.50. The van der Waals surface area contributed by atoms with Crippen molar-refractivity contribution in [2.75, 3.05) is 10.6 Å². The highest BCUT2D eigenvalue weighted by atomic mass is 16.1. The molecule has 0 aliphatic carbocycles. The zero-order valence-corrected chi connectivity index (χ0v) is 14.9. The molecule has 5 rings (SSSR count). The average molecular weight is 369 g/mol. The summed E-state index contributed by atoms with van der Waals surface area (Å²) < 4.78 is 1.71. The molecule has 2 N–H and O–H groups in total. The van der Waals surface area contributed by atoms with E-state index in [-0.39, 0.29) is 5.91 Å². The van der Waals surface area contributed by atoms with Crippen LogP contribution in [0.5, 0.6) is 0 Å². The van der Waals surface area contributed by atoms with Gasteiger partial charge in [0.2, 0.25) is 5.91 Å². The van der Waals surface area contributed by atoms with Gasteiger partial charge in [0.1, 0.15) is 17.4 Å². The normalized spacial score (nSPS) is 11.2. The molecule has 8 heteroatoms. The molecule has 5 aromatic rings. The lowest BCUT2D eigenvalue weighted by Gasteiger charge is -2.11. The van der Waals surface area contributed by atoms with Gasteiger partial charge in [-0.1, -0.05) is 6.07 Å². The van der Waals surface area contributed by atoms with Crippen molar-refractivity contribution in [2.24, 2.45) is 0 Å². The van der Waals surface area contributed by atoms with Gasteiger partial charge in [-0.2, -0.15) is 5.10 Å². The van der Waals surface area contributed by atoms with Gasteiger partial charge in [-0.15, -0.1) is 0 Å². The third-order valence-electron chi connectivity index (χ3n) is 4.41. The topological polar surface area (TPSA) is 97.1 Å². The first-order valence-electron chi connectivity index (χ1n) is 8.69. The maximum absolute atomic E-state index is 11.4. The fourth-order valence-corrected chi connectivity index (χ4v) is 3.26. The van der Waals surface area contributed by atoms with Crippen molar-refractivity contribution in [3.8, 4) is 0 Å². The van der Waals surface area contributed by atoms with Gasteiger partial charge in [0, 0.05) is 36.1 Å². The molecular weight excluding hydrogens is 354 g/mol. The van der Waals surface area contributed by atoms with Crippen LogP contribution in [-0.2, 0) is 4.79 Å². The van der Waals surface area contributed by atoms with E-state index in [0.717, 1.165) is 38.8 Å². The molecule has 0 atom stereocenters. The number of hydrogen-bond acceptors (Lipinski definition) is 6. The third-order valence-corrected chi connectivity index (χ3v) is 4.41. The number of anilines is 3. The summed E-state index contributed by atoms with van der Waals surface area (Å²) in [6, 6.07) is 11.3. The molecule has 0 saturated carbocycles. The minimum atomic E-state index is -0.118.